The lowest BCUT2D eigenvalue weighted by atomic mass is 9.94. The minimum Gasteiger partial charge on any atom is -0.374 e. The van der Waals surface area contributed by atoms with Crippen molar-refractivity contribution in [1.29, 1.82) is 0 Å². The standard InChI is InChI=1S/C16H24N2O2/c1-4-20-16(2,3)11-18-15(19)14-13-8-6-5-7-12(13)9-10-17-14/h5-8,14,17H,4,9-11H2,1-3H3,(H,18,19). The Bertz CT molecular complexity index is 471. The van der Waals surface area contributed by atoms with Gasteiger partial charge in [0.2, 0.25) is 5.91 Å². The lowest BCUT2D eigenvalue weighted by Crippen LogP contribution is -2.46. The van der Waals surface area contributed by atoms with Crippen LogP contribution in [0.2, 0.25) is 0 Å². The summed E-state index contributed by atoms with van der Waals surface area (Å²) in [7, 11) is 0. The fourth-order valence-electron chi connectivity index (χ4n) is 2.58. The van der Waals surface area contributed by atoms with E-state index in [-0.39, 0.29) is 17.6 Å². The molecular weight excluding hydrogens is 252 g/mol. The molecule has 2 N–H and O–H groups in total. The van der Waals surface area contributed by atoms with Crippen molar-refractivity contribution in [2.24, 2.45) is 0 Å². The Hall–Kier alpha value is -1.39. The second-order valence-corrected chi connectivity index (χ2v) is 5.75. The highest BCUT2D eigenvalue weighted by atomic mass is 16.5. The van der Waals surface area contributed by atoms with Gasteiger partial charge in [-0.15, -0.1) is 0 Å². The molecule has 1 aromatic carbocycles. The highest BCUT2D eigenvalue weighted by Crippen LogP contribution is 2.22. The number of amides is 1. The van der Waals surface area contributed by atoms with Gasteiger partial charge in [-0.05, 0) is 38.3 Å². The number of carbonyl (C=O) groups is 1. The van der Waals surface area contributed by atoms with E-state index in [2.05, 4.69) is 16.7 Å². The number of hydrogen-bond donors (Lipinski definition) is 2. The van der Waals surface area contributed by atoms with Gasteiger partial charge in [-0.25, -0.2) is 0 Å². The molecule has 0 radical (unpaired) electrons. The van der Waals surface area contributed by atoms with Crippen LogP contribution in [0.25, 0.3) is 0 Å². The van der Waals surface area contributed by atoms with Gasteiger partial charge < -0.3 is 15.4 Å². The van der Waals surface area contributed by atoms with E-state index in [1.165, 1.54) is 5.56 Å². The van der Waals surface area contributed by atoms with Gasteiger partial charge in [0.1, 0.15) is 6.04 Å². The van der Waals surface area contributed by atoms with Crippen molar-refractivity contribution in [3.8, 4) is 0 Å². The third-order valence-electron chi connectivity index (χ3n) is 3.59. The number of nitrogens with one attached hydrogen (secondary N) is 2. The molecule has 20 heavy (non-hydrogen) atoms. The highest BCUT2D eigenvalue weighted by molar-refractivity contribution is 5.84. The molecule has 1 atom stereocenters. The van der Waals surface area contributed by atoms with Gasteiger partial charge in [0.15, 0.2) is 0 Å². The van der Waals surface area contributed by atoms with Gasteiger partial charge in [0, 0.05) is 19.7 Å². The van der Waals surface area contributed by atoms with Crippen LogP contribution in [0.4, 0.5) is 0 Å². The lowest BCUT2D eigenvalue weighted by molar-refractivity contribution is -0.125. The van der Waals surface area contributed by atoms with Crippen molar-refractivity contribution < 1.29 is 9.53 Å². The van der Waals surface area contributed by atoms with Gasteiger partial charge in [0.05, 0.1) is 5.60 Å². The van der Waals surface area contributed by atoms with Crippen LogP contribution in [-0.4, -0.2) is 31.2 Å². The fraction of sp³-hybridized carbons (Fsp3) is 0.562. The molecule has 0 saturated carbocycles. The molecule has 0 saturated heterocycles. The molecule has 4 heteroatoms. The summed E-state index contributed by atoms with van der Waals surface area (Å²) in [5.74, 6) is 0.0185. The average Bonchev–Trinajstić information content (AvgIpc) is 2.44. The van der Waals surface area contributed by atoms with Crippen molar-refractivity contribution in [3.63, 3.8) is 0 Å². The summed E-state index contributed by atoms with van der Waals surface area (Å²) in [6.07, 6.45) is 0.977. The van der Waals surface area contributed by atoms with Crippen molar-refractivity contribution in [1.82, 2.24) is 10.6 Å². The zero-order valence-corrected chi connectivity index (χ0v) is 12.5. The van der Waals surface area contributed by atoms with Gasteiger partial charge >= 0.3 is 0 Å². The monoisotopic (exact) mass is 276 g/mol. The van der Waals surface area contributed by atoms with Gasteiger partial charge in [-0.3, -0.25) is 4.79 Å². The van der Waals surface area contributed by atoms with E-state index in [1.807, 2.05) is 39.0 Å². The second-order valence-electron chi connectivity index (χ2n) is 5.75. The first-order chi connectivity index (χ1) is 9.53. The van der Waals surface area contributed by atoms with Crippen LogP contribution in [0.15, 0.2) is 24.3 Å². The largest absolute Gasteiger partial charge is 0.374 e. The molecule has 0 aliphatic carbocycles. The van der Waals surface area contributed by atoms with E-state index in [0.29, 0.717) is 13.2 Å². The molecule has 0 aromatic heterocycles. The molecular formula is C16H24N2O2. The van der Waals surface area contributed by atoms with Crippen LogP contribution < -0.4 is 10.6 Å². The molecule has 1 unspecified atom stereocenters. The number of ether oxygens (including phenoxy) is 1. The fourth-order valence-corrected chi connectivity index (χ4v) is 2.58. The maximum absolute atomic E-state index is 12.4. The smallest absolute Gasteiger partial charge is 0.241 e. The molecule has 4 nitrogen and oxygen atoms in total. The Balaban J connectivity index is 2.01. The normalized spacial score (nSPS) is 18.4. The second kappa shape index (κ2) is 6.37. The van der Waals surface area contributed by atoms with Crippen molar-refractivity contribution in [2.45, 2.75) is 38.8 Å². The minimum absolute atomic E-state index is 0.0185. The number of rotatable bonds is 5. The van der Waals surface area contributed by atoms with E-state index in [9.17, 15) is 4.79 Å². The Morgan fingerprint density at radius 3 is 2.95 bits per heavy atom. The van der Waals surface area contributed by atoms with Crippen LogP contribution in [0, 0.1) is 0 Å². The lowest BCUT2D eigenvalue weighted by Gasteiger charge is -2.29. The maximum Gasteiger partial charge on any atom is 0.241 e. The Kier molecular flexibility index (Phi) is 4.78. The molecule has 1 amide bonds. The summed E-state index contributed by atoms with van der Waals surface area (Å²) < 4.78 is 5.60. The third kappa shape index (κ3) is 3.58. The zero-order chi connectivity index (χ0) is 14.6. The van der Waals surface area contributed by atoms with Crippen molar-refractivity contribution >= 4 is 5.91 Å². The molecule has 1 aromatic rings. The first kappa shape index (κ1) is 15.0. The summed E-state index contributed by atoms with van der Waals surface area (Å²) in [5.41, 5.74) is 2.01. The van der Waals surface area contributed by atoms with E-state index in [4.69, 9.17) is 4.74 Å². The summed E-state index contributed by atoms with van der Waals surface area (Å²) in [4.78, 5) is 12.4. The van der Waals surface area contributed by atoms with E-state index < -0.39 is 0 Å². The summed E-state index contributed by atoms with van der Waals surface area (Å²) in [6.45, 7) is 7.93. The first-order valence-corrected chi connectivity index (χ1v) is 7.26. The average molecular weight is 276 g/mol. The van der Waals surface area contributed by atoms with Crippen LogP contribution in [-0.2, 0) is 16.0 Å². The van der Waals surface area contributed by atoms with E-state index in [1.54, 1.807) is 0 Å². The summed E-state index contributed by atoms with van der Waals surface area (Å²) in [6, 6.07) is 7.88. The maximum atomic E-state index is 12.4. The molecule has 110 valence electrons. The Morgan fingerprint density at radius 1 is 1.45 bits per heavy atom. The predicted molar refractivity (Wildman–Crippen MR) is 79.6 cm³/mol. The van der Waals surface area contributed by atoms with Crippen molar-refractivity contribution in [3.05, 3.63) is 35.4 Å². The molecule has 1 aliphatic heterocycles. The number of fused-ring (bicyclic) bond motifs is 1. The van der Waals surface area contributed by atoms with Crippen molar-refractivity contribution in [2.75, 3.05) is 19.7 Å². The zero-order valence-electron chi connectivity index (χ0n) is 12.5. The minimum atomic E-state index is -0.335. The number of hydrogen-bond acceptors (Lipinski definition) is 3. The molecule has 1 heterocycles. The SMILES string of the molecule is CCOC(C)(C)CNC(=O)C1NCCc2ccccc21. The predicted octanol–water partition coefficient (Wildman–Crippen LogP) is 1.80. The molecule has 0 bridgehead atoms. The Morgan fingerprint density at radius 2 is 2.20 bits per heavy atom. The van der Waals surface area contributed by atoms with E-state index in [0.717, 1.165) is 18.5 Å². The van der Waals surface area contributed by atoms with Gasteiger partial charge in [-0.2, -0.15) is 0 Å². The van der Waals surface area contributed by atoms with Crippen LogP contribution >= 0.6 is 0 Å². The summed E-state index contributed by atoms with van der Waals surface area (Å²) in [5, 5.41) is 6.28. The van der Waals surface area contributed by atoms with Crippen LogP contribution in [0.5, 0.6) is 0 Å². The van der Waals surface area contributed by atoms with Crippen LogP contribution in [0.3, 0.4) is 0 Å². The van der Waals surface area contributed by atoms with Gasteiger partial charge in [-0.1, -0.05) is 24.3 Å². The topological polar surface area (TPSA) is 50.4 Å². The molecule has 2 rings (SSSR count). The Labute approximate surface area is 120 Å². The van der Waals surface area contributed by atoms with Crippen LogP contribution in [0.1, 0.15) is 37.9 Å². The third-order valence-corrected chi connectivity index (χ3v) is 3.59. The number of benzene rings is 1. The molecule has 0 fully saturated rings. The number of carbonyl (C=O) groups excluding carboxylic acids is 1. The first-order valence-electron chi connectivity index (χ1n) is 7.26. The summed E-state index contributed by atoms with van der Waals surface area (Å²) >= 11 is 0. The van der Waals surface area contributed by atoms with Gasteiger partial charge in [0.25, 0.3) is 0 Å². The highest BCUT2D eigenvalue weighted by Gasteiger charge is 2.27. The quantitative estimate of drug-likeness (QED) is 0.862. The molecule has 0 spiro atoms. The van der Waals surface area contributed by atoms with E-state index >= 15 is 0 Å². The molecule has 1 aliphatic rings.